The van der Waals surface area contributed by atoms with Crippen LogP contribution in [0.5, 0.6) is 0 Å². The van der Waals surface area contributed by atoms with E-state index in [0.29, 0.717) is 61.4 Å². The van der Waals surface area contributed by atoms with E-state index < -0.39 is 6.43 Å². The number of rotatable bonds is 8. The Labute approximate surface area is 211 Å². The molecule has 3 aliphatic rings. The van der Waals surface area contributed by atoms with Crippen molar-refractivity contribution >= 4 is 17.8 Å². The van der Waals surface area contributed by atoms with Crippen LogP contribution in [0.2, 0.25) is 0 Å². The number of alkyl halides is 2. The molecule has 0 unspecified atom stereocenters. The minimum atomic E-state index is -2.72. The Balaban J connectivity index is 1.62. The fourth-order valence-electron chi connectivity index (χ4n) is 5.20. The lowest BCUT2D eigenvalue weighted by Gasteiger charge is -2.37. The number of aromatic nitrogens is 4. The minimum absolute atomic E-state index is 0.291. The predicted octanol–water partition coefficient (Wildman–Crippen LogP) is 5.49. The van der Waals surface area contributed by atoms with Gasteiger partial charge in [-0.05, 0) is 64.4 Å². The van der Waals surface area contributed by atoms with Gasteiger partial charge in [0.15, 0.2) is 5.82 Å². The van der Waals surface area contributed by atoms with E-state index in [1.165, 1.54) is 23.0 Å². The second-order valence-electron chi connectivity index (χ2n) is 10.1. The Bertz CT molecular complexity index is 1110. The van der Waals surface area contributed by atoms with Gasteiger partial charge in [0.2, 0.25) is 5.95 Å². The molecule has 0 N–H and O–H groups in total. The lowest BCUT2D eigenvalue weighted by Crippen LogP contribution is -2.41. The highest BCUT2D eigenvalue weighted by Crippen LogP contribution is 2.37. The number of anilines is 2. The van der Waals surface area contributed by atoms with Crippen molar-refractivity contribution in [1.82, 2.24) is 19.5 Å². The molecule has 9 heteroatoms. The summed E-state index contributed by atoms with van der Waals surface area (Å²) in [6.45, 7) is 11.3. The Kier molecular flexibility index (Phi) is 7.37. The van der Waals surface area contributed by atoms with Crippen LogP contribution in [0, 0.1) is 12.8 Å². The van der Waals surface area contributed by atoms with Gasteiger partial charge >= 0.3 is 0 Å². The molecule has 0 bridgehead atoms. The molecule has 7 nitrogen and oxygen atoms in total. The maximum Gasteiger partial charge on any atom is 0.296 e. The van der Waals surface area contributed by atoms with E-state index in [1.54, 1.807) is 6.08 Å². The number of nitrogens with zero attached hydrogens (tertiary/aromatic N) is 6. The third-order valence-electron chi connectivity index (χ3n) is 7.45. The molecule has 0 aromatic carbocycles. The zero-order chi connectivity index (χ0) is 25.2. The maximum absolute atomic E-state index is 14.2. The molecular weight excluding hydrogens is 462 g/mol. The van der Waals surface area contributed by atoms with Gasteiger partial charge in [-0.1, -0.05) is 18.2 Å². The summed E-state index contributed by atoms with van der Waals surface area (Å²) >= 11 is 0. The quantitative estimate of drug-likeness (QED) is 0.449. The molecule has 0 spiro atoms. The molecule has 5 rings (SSSR count). The number of morpholine rings is 1. The van der Waals surface area contributed by atoms with Crippen molar-refractivity contribution in [2.75, 3.05) is 42.6 Å². The first-order valence-electron chi connectivity index (χ1n) is 13.1. The van der Waals surface area contributed by atoms with Gasteiger partial charge in [-0.3, -0.25) is 4.57 Å². The Morgan fingerprint density at radius 2 is 1.86 bits per heavy atom. The van der Waals surface area contributed by atoms with E-state index in [9.17, 15) is 8.78 Å². The van der Waals surface area contributed by atoms with Gasteiger partial charge in [-0.2, -0.15) is 9.97 Å². The van der Waals surface area contributed by atoms with Crippen LogP contribution < -0.4 is 9.80 Å². The standard InChI is InChI=1S/C27H36F2N6O/c1-4-5-22-19(3)35(26(30-22)25(28)29)24-16-23(31-27(32-24)33-12-14-36-15-13-33)34(17-20-8-9-20)21-10-6-18(2)7-11-21/h4-5,16,20-21,25H,2,6-15,17H2,1,3H3/b5-4-. The van der Waals surface area contributed by atoms with Crippen molar-refractivity contribution < 1.29 is 13.5 Å². The Morgan fingerprint density at radius 3 is 2.50 bits per heavy atom. The number of hydrogen-bond acceptors (Lipinski definition) is 6. The van der Waals surface area contributed by atoms with Crippen LogP contribution in [0.25, 0.3) is 11.9 Å². The zero-order valence-electron chi connectivity index (χ0n) is 21.3. The summed E-state index contributed by atoms with van der Waals surface area (Å²) in [6, 6.07) is 2.24. The monoisotopic (exact) mass is 498 g/mol. The topological polar surface area (TPSA) is 59.3 Å². The number of imidazole rings is 1. The molecule has 36 heavy (non-hydrogen) atoms. The summed E-state index contributed by atoms with van der Waals surface area (Å²) < 4.78 is 35.4. The molecule has 3 fully saturated rings. The van der Waals surface area contributed by atoms with Crippen LogP contribution in [0.1, 0.15) is 69.1 Å². The Hall–Kier alpha value is -2.81. The van der Waals surface area contributed by atoms with Crippen LogP contribution in [-0.2, 0) is 4.74 Å². The highest BCUT2D eigenvalue weighted by Gasteiger charge is 2.32. The molecular formula is C27H36F2N6O. The van der Waals surface area contributed by atoms with Crippen LogP contribution in [0.15, 0.2) is 24.3 Å². The van der Waals surface area contributed by atoms with Gasteiger partial charge in [0, 0.05) is 37.4 Å². The van der Waals surface area contributed by atoms with Crippen LogP contribution in [-0.4, -0.2) is 58.4 Å². The number of hydrogen-bond donors (Lipinski definition) is 0. The largest absolute Gasteiger partial charge is 0.378 e. The molecule has 0 atom stereocenters. The van der Waals surface area contributed by atoms with E-state index >= 15 is 0 Å². The molecule has 2 aromatic rings. The zero-order valence-corrected chi connectivity index (χ0v) is 21.3. The molecule has 0 amide bonds. The average molecular weight is 499 g/mol. The van der Waals surface area contributed by atoms with E-state index in [1.807, 2.05) is 26.0 Å². The van der Waals surface area contributed by atoms with Gasteiger partial charge in [0.05, 0.1) is 18.9 Å². The summed E-state index contributed by atoms with van der Waals surface area (Å²) in [7, 11) is 0. The third kappa shape index (κ3) is 5.31. The fraction of sp³-hybridized carbons (Fsp3) is 0.593. The van der Waals surface area contributed by atoms with Crippen LogP contribution in [0.3, 0.4) is 0 Å². The molecule has 194 valence electrons. The second kappa shape index (κ2) is 10.7. The van der Waals surface area contributed by atoms with Gasteiger partial charge < -0.3 is 14.5 Å². The molecule has 2 aliphatic carbocycles. The van der Waals surface area contributed by atoms with Crippen molar-refractivity contribution in [3.63, 3.8) is 0 Å². The third-order valence-corrected chi connectivity index (χ3v) is 7.45. The summed E-state index contributed by atoms with van der Waals surface area (Å²) in [5, 5.41) is 0. The maximum atomic E-state index is 14.2. The Morgan fingerprint density at radius 1 is 1.14 bits per heavy atom. The number of halogens is 2. The first-order chi connectivity index (χ1) is 17.4. The normalized spacial score (nSPS) is 19.6. The number of ether oxygens (including phenoxy) is 1. The molecule has 3 heterocycles. The fourth-order valence-corrected chi connectivity index (χ4v) is 5.20. The van der Waals surface area contributed by atoms with Gasteiger partial charge in [-0.15, -0.1) is 0 Å². The lowest BCUT2D eigenvalue weighted by molar-refractivity contribution is 0.122. The highest BCUT2D eigenvalue weighted by molar-refractivity contribution is 5.55. The molecule has 0 radical (unpaired) electrons. The number of allylic oxidation sites excluding steroid dienone is 2. The molecule has 1 aliphatic heterocycles. The van der Waals surface area contributed by atoms with E-state index in [-0.39, 0.29) is 5.82 Å². The second-order valence-corrected chi connectivity index (χ2v) is 10.1. The summed E-state index contributed by atoms with van der Waals surface area (Å²) in [6.07, 6.45) is 7.42. The van der Waals surface area contributed by atoms with Crippen molar-refractivity contribution in [3.8, 4) is 5.82 Å². The van der Waals surface area contributed by atoms with Crippen molar-refractivity contribution in [1.29, 1.82) is 0 Å². The van der Waals surface area contributed by atoms with Crippen LogP contribution >= 0.6 is 0 Å². The first-order valence-corrected chi connectivity index (χ1v) is 13.1. The van der Waals surface area contributed by atoms with E-state index in [4.69, 9.17) is 14.7 Å². The molecule has 1 saturated heterocycles. The summed E-state index contributed by atoms with van der Waals surface area (Å²) in [5.74, 6) is 2.19. The van der Waals surface area contributed by atoms with Crippen molar-refractivity contribution in [3.05, 3.63) is 41.5 Å². The van der Waals surface area contributed by atoms with Crippen molar-refractivity contribution in [2.24, 2.45) is 5.92 Å². The van der Waals surface area contributed by atoms with E-state index in [0.717, 1.165) is 38.0 Å². The van der Waals surface area contributed by atoms with Gasteiger partial charge in [0.25, 0.3) is 6.43 Å². The lowest BCUT2D eigenvalue weighted by atomic mass is 9.90. The SMILES string of the molecule is C=C1CCC(N(CC2CC2)c2cc(-n3c(C(F)F)nc(/C=C\C)c3C)nc(N3CCOCC3)n2)CC1. The average Bonchev–Trinajstić information content (AvgIpc) is 3.65. The molecule has 2 saturated carbocycles. The minimum Gasteiger partial charge on any atom is -0.378 e. The van der Waals surface area contributed by atoms with E-state index in [2.05, 4.69) is 21.4 Å². The molecule has 2 aromatic heterocycles. The van der Waals surface area contributed by atoms with Gasteiger partial charge in [-0.25, -0.2) is 13.8 Å². The summed E-state index contributed by atoms with van der Waals surface area (Å²) in [4.78, 5) is 18.6. The smallest absolute Gasteiger partial charge is 0.296 e. The summed E-state index contributed by atoms with van der Waals surface area (Å²) in [5.41, 5.74) is 2.48. The predicted molar refractivity (Wildman–Crippen MR) is 138 cm³/mol. The van der Waals surface area contributed by atoms with Crippen molar-refractivity contribution in [2.45, 2.75) is 64.8 Å². The van der Waals surface area contributed by atoms with Crippen LogP contribution in [0.4, 0.5) is 20.5 Å². The van der Waals surface area contributed by atoms with Gasteiger partial charge in [0.1, 0.15) is 11.6 Å². The first kappa shape index (κ1) is 24.9. The highest BCUT2D eigenvalue weighted by atomic mass is 19.3.